The van der Waals surface area contributed by atoms with Crippen molar-refractivity contribution in [3.05, 3.63) is 120 Å². The number of rotatable bonds is 13. The maximum atomic E-state index is 7.39. The van der Waals surface area contributed by atoms with Crippen LogP contribution < -0.4 is 10.5 Å². The van der Waals surface area contributed by atoms with Crippen LogP contribution in [0.3, 0.4) is 0 Å². The van der Waals surface area contributed by atoms with Crippen molar-refractivity contribution >= 4 is 19.2 Å². The van der Waals surface area contributed by atoms with Crippen molar-refractivity contribution in [1.82, 2.24) is 9.78 Å². The first-order chi connectivity index (χ1) is 24.4. The average Bonchev–Trinajstić information content (AvgIpc) is 3.74. The van der Waals surface area contributed by atoms with Gasteiger partial charge in [0.25, 0.3) is 0 Å². The molecule has 1 unspecified atom stereocenters. The highest BCUT2D eigenvalue weighted by atomic mass is 28.4. The van der Waals surface area contributed by atoms with E-state index in [0.29, 0.717) is 6.61 Å². The molecule has 4 aromatic carbocycles. The fraction of sp³-hybridized carbons (Fsp3) is 0.432. The minimum Gasteiger partial charge on any atom is -0.487 e. The Morgan fingerprint density at radius 1 is 0.843 bits per heavy atom. The van der Waals surface area contributed by atoms with Crippen LogP contribution in [0.4, 0.5) is 0 Å². The van der Waals surface area contributed by atoms with Gasteiger partial charge in [-0.05, 0) is 104 Å². The summed E-state index contributed by atoms with van der Waals surface area (Å²) in [6.07, 6.45) is 7.46. The lowest BCUT2D eigenvalue weighted by Gasteiger charge is -2.36. The summed E-state index contributed by atoms with van der Waals surface area (Å²) in [7, 11) is -1.89. The van der Waals surface area contributed by atoms with Gasteiger partial charge in [-0.1, -0.05) is 99.6 Å². The number of hydrogen-bond acceptors (Lipinski definition) is 5. The van der Waals surface area contributed by atoms with Gasteiger partial charge in [-0.25, -0.2) is 4.68 Å². The predicted octanol–water partition coefficient (Wildman–Crippen LogP) is 10.4. The van der Waals surface area contributed by atoms with Crippen LogP contribution in [-0.2, 0) is 28.6 Å². The second kappa shape index (κ2) is 14.3. The van der Waals surface area contributed by atoms with Gasteiger partial charge in [0.05, 0.1) is 12.1 Å². The van der Waals surface area contributed by atoms with Crippen molar-refractivity contribution in [1.29, 1.82) is 0 Å². The Labute approximate surface area is 305 Å². The zero-order valence-electron chi connectivity index (χ0n) is 31.2. The topological polar surface area (TPSA) is 71.5 Å². The molecule has 268 valence electrons. The van der Waals surface area contributed by atoms with Crippen molar-refractivity contribution < 1.29 is 13.9 Å². The molecule has 6 nitrogen and oxygen atoms in total. The van der Waals surface area contributed by atoms with E-state index in [4.69, 9.17) is 24.7 Å². The first kappa shape index (κ1) is 35.6. The van der Waals surface area contributed by atoms with Gasteiger partial charge in [-0.15, -0.1) is 0 Å². The maximum Gasteiger partial charge on any atom is 0.192 e. The fourth-order valence-electron chi connectivity index (χ4n) is 7.36. The average molecular weight is 702 g/mol. The van der Waals surface area contributed by atoms with Crippen molar-refractivity contribution in [3.8, 4) is 17.0 Å². The molecule has 0 spiro atoms. The Balaban J connectivity index is 1.19. The molecular formula is C44H55N3O3Si. The van der Waals surface area contributed by atoms with Crippen LogP contribution >= 0.6 is 0 Å². The fourth-order valence-corrected chi connectivity index (χ4v) is 8.32. The summed E-state index contributed by atoms with van der Waals surface area (Å²) in [6.45, 7) is 12.8. The van der Waals surface area contributed by atoms with Gasteiger partial charge in [-0.3, -0.25) is 0 Å². The zero-order valence-corrected chi connectivity index (χ0v) is 32.2. The van der Waals surface area contributed by atoms with E-state index in [9.17, 15) is 0 Å². The summed E-state index contributed by atoms with van der Waals surface area (Å²) in [6, 6.07) is 36.5. The molecule has 0 bridgehead atoms. The molecule has 1 aliphatic carbocycles. The molecule has 1 saturated heterocycles. The first-order valence-corrected chi connectivity index (χ1v) is 21.7. The van der Waals surface area contributed by atoms with Crippen molar-refractivity contribution in [2.75, 3.05) is 6.61 Å². The van der Waals surface area contributed by atoms with E-state index in [1.165, 1.54) is 11.1 Å². The van der Waals surface area contributed by atoms with Crippen molar-refractivity contribution in [2.45, 2.75) is 114 Å². The number of benzene rings is 4. The van der Waals surface area contributed by atoms with Gasteiger partial charge in [0, 0.05) is 29.5 Å². The minimum absolute atomic E-state index is 0.0736. The number of aromatic nitrogens is 2. The van der Waals surface area contributed by atoms with E-state index in [1.807, 2.05) is 0 Å². The van der Waals surface area contributed by atoms with E-state index in [0.717, 1.165) is 91.4 Å². The predicted molar refractivity (Wildman–Crippen MR) is 210 cm³/mol. The van der Waals surface area contributed by atoms with Gasteiger partial charge in [0.2, 0.25) is 0 Å². The smallest absolute Gasteiger partial charge is 0.192 e. The molecule has 0 amide bonds. The van der Waals surface area contributed by atoms with E-state index >= 15 is 0 Å². The minimum atomic E-state index is -1.89. The molecule has 2 N–H and O–H groups in total. The summed E-state index contributed by atoms with van der Waals surface area (Å²) in [5.74, 6) is 0.865. The molecule has 1 aromatic heterocycles. The molecule has 7 heteroatoms. The Morgan fingerprint density at radius 3 is 2.12 bits per heavy atom. The Kier molecular flexibility index (Phi) is 10.0. The first-order valence-electron chi connectivity index (χ1n) is 18.8. The number of nitrogens with zero attached hydrogens (tertiary/aromatic N) is 2. The molecule has 51 heavy (non-hydrogen) atoms. The summed E-state index contributed by atoms with van der Waals surface area (Å²) in [5, 5.41) is 6.49. The Morgan fingerprint density at radius 2 is 1.51 bits per heavy atom. The van der Waals surface area contributed by atoms with Crippen LogP contribution in [0.2, 0.25) is 18.1 Å². The third-order valence-corrected chi connectivity index (χ3v) is 15.8. The highest BCUT2D eigenvalue weighted by molar-refractivity contribution is 6.74. The van der Waals surface area contributed by atoms with E-state index < -0.39 is 13.9 Å². The molecule has 0 radical (unpaired) electrons. The molecule has 7 rings (SSSR count). The Bertz CT molecular complexity index is 1880. The summed E-state index contributed by atoms with van der Waals surface area (Å²) < 4.78 is 22.0. The van der Waals surface area contributed by atoms with Gasteiger partial charge in [0.15, 0.2) is 14.5 Å². The van der Waals surface area contributed by atoms with Crippen LogP contribution in [0.1, 0.15) is 82.2 Å². The van der Waals surface area contributed by atoms with Crippen LogP contribution in [0, 0.1) is 0 Å². The second-order valence-electron chi connectivity index (χ2n) is 16.7. The van der Waals surface area contributed by atoms with E-state index in [-0.39, 0.29) is 16.9 Å². The highest BCUT2D eigenvalue weighted by Crippen LogP contribution is 2.48. The van der Waals surface area contributed by atoms with Crippen LogP contribution in [0.5, 0.6) is 5.75 Å². The monoisotopic (exact) mass is 701 g/mol. The second-order valence-corrected chi connectivity index (χ2v) is 21.5. The lowest BCUT2D eigenvalue weighted by atomic mass is 9.80. The lowest BCUT2D eigenvalue weighted by molar-refractivity contribution is -0.0365. The number of fused-ring (bicyclic) bond motifs is 1. The van der Waals surface area contributed by atoms with Gasteiger partial charge >= 0.3 is 0 Å². The Hall–Kier alpha value is -3.75. The summed E-state index contributed by atoms with van der Waals surface area (Å²) >= 11 is 0. The van der Waals surface area contributed by atoms with Crippen molar-refractivity contribution in [2.24, 2.45) is 5.73 Å². The standard InChI is InChI=1S/C44H55N3O3Si/c1-42(2,3)51(4,5)49-31-35-19-14-20-36(27-35)41-38-28-37(22-23-39(38)47(46-41)40-21-12-13-26-48-40)50-44(24-25-44)32-43(45,29-33-15-8-6-9-16-33)30-34-17-10-7-11-18-34/h6-11,14-20,22-23,27-28,40H,12-13,21,24-26,29-32,45H2,1-5H3. The normalized spacial score (nSPS) is 17.8. The lowest BCUT2D eigenvalue weighted by Crippen LogP contribution is -2.49. The summed E-state index contributed by atoms with van der Waals surface area (Å²) in [4.78, 5) is 0. The molecule has 1 saturated carbocycles. The maximum absolute atomic E-state index is 7.39. The summed E-state index contributed by atoms with van der Waals surface area (Å²) in [5.41, 5.74) is 13.4. The highest BCUT2D eigenvalue weighted by Gasteiger charge is 2.50. The molecule has 2 fully saturated rings. The number of nitrogens with two attached hydrogens (primary N) is 1. The molecule has 1 atom stereocenters. The van der Waals surface area contributed by atoms with Gasteiger partial charge in [0.1, 0.15) is 17.0 Å². The van der Waals surface area contributed by atoms with Crippen LogP contribution in [-0.4, -0.2) is 35.8 Å². The van der Waals surface area contributed by atoms with Gasteiger partial charge < -0.3 is 19.6 Å². The molecular weight excluding hydrogens is 647 g/mol. The SMILES string of the molecule is CC(C)(C)[Si](C)(C)OCc1cccc(-c2nn(C3CCCCO3)c3ccc(OC4(CC(N)(Cc5ccccc5)Cc5ccccc5)CC4)cc23)c1. The van der Waals surface area contributed by atoms with E-state index in [1.54, 1.807) is 0 Å². The third-order valence-electron chi connectivity index (χ3n) is 11.3. The van der Waals surface area contributed by atoms with Crippen LogP contribution in [0.25, 0.3) is 22.2 Å². The molecule has 2 heterocycles. The largest absolute Gasteiger partial charge is 0.487 e. The van der Waals surface area contributed by atoms with Crippen molar-refractivity contribution in [3.63, 3.8) is 0 Å². The van der Waals surface area contributed by atoms with Crippen LogP contribution in [0.15, 0.2) is 103 Å². The quantitative estimate of drug-likeness (QED) is 0.124. The number of hydrogen-bond donors (Lipinski definition) is 1. The molecule has 1 aliphatic heterocycles. The van der Waals surface area contributed by atoms with E-state index in [2.05, 4.69) is 142 Å². The third kappa shape index (κ3) is 8.33. The number of ether oxygens (including phenoxy) is 2. The molecule has 2 aliphatic rings. The zero-order chi connectivity index (χ0) is 35.7. The molecule has 5 aromatic rings. The van der Waals surface area contributed by atoms with Gasteiger partial charge in [-0.2, -0.15) is 5.10 Å².